The largest absolute Gasteiger partial charge is 0.456 e. The quantitative estimate of drug-likeness (QED) is 0.178. The topological polar surface area (TPSA) is 22.1 Å². The molecule has 10 aromatic rings. The zero-order valence-corrected chi connectivity index (χ0v) is 27.6. The minimum Gasteiger partial charge on any atom is -0.456 e. The predicted molar refractivity (Wildman–Crippen MR) is 214 cm³/mol. The number of rotatable bonds is 3. The molecule has 2 nitrogen and oxygen atoms in total. The van der Waals surface area contributed by atoms with Gasteiger partial charge in [-0.25, -0.2) is 0 Å². The second-order valence-electron chi connectivity index (χ2n) is 13.3. The van der Waals surface area contributed by atoms with Crippen LogP contribution in [0.3, 0.4) is 0 Å². The SMILES string of the molecule is c1ccc(-c2c3ccccc3c(-c3c4ccccc4c(-c4ccc5c6c(cccc46)Oc4ccccc4-5)c4ccccc34)c3ccccc23)nc1. The summed E-state index contributed by atoms with van der Waals surface area (Å²) in [7, 11) is 0. The smallest absolute Gasteiger partial charge is 0.135 e. The molecule has 0 atom stereocenters. The summed E-state index contributed by atoms with van der Waals surface area (Å²) in [6.07, 6.45) is 1.89. The van der Waals surface area contributed by atoms with Gasteiger partial charge in [0.05, 0.1) is 5.69 Å². The third kappa shape index (κ3) is 4.02. The van der Waals surface area contributed by atoms with E-state index in [1.165, 1.54) is 81.9 Å². The maximum Gasteiger partial charge on any atom is 0.135 e. The van der Waals surface area contributed by atoms with Gasteiger partial charge in [0.25, 0.3) is 0 Å². The molecule has 1 aliphatic rings. The van der Waals surface area contributed by atoms with Crippen molar-refractivity contribution in [1.29, 1.82) is 0 Å². The Labute approximate surface area is 294 Å². The molecule has 2 heterocycles. The van der Waals surface area contributed by atoms with Gasteiger partial charge in [-0.15, -0.1) is 0 Å². The molecule has 0 N–H and O–H groups in total. The van der Waals surface area contributed by atoms with E-state index in [0.29, 0.717) is 0 Å². The third-order valence-corrected chi connectivity index (χ3v) is 10.7. The van der Waals surface area contributed by atoms with Crippen LogP contribution in [0.4, 0.5) is 0 Å². The summed E-state index contributed by atoms with van der Waals surface area (Å²) in [4.78, 5) is 4.85. The van der Waals surface area contributed by atoms with Crippen molar-refractivity contribution in [3.8, 4) is 56.1 Å². The molecular formula is C49H29NO. The lowest BCUT2D eigenvalue weighted by Crippen LogP contribution is -1.98. The van der Waals surface area contributed by atoms with Gasteiger partial charge >= 0.3 is 0 Å². The number of aromatic nitrogens is 1. The van der Waals surface area contributed by atoms with Crippen LogP contribution < -0.4 is 4.74 Å². The van der Waals surface area contributed by atoms with Gasteiger partial charge < -0.3 is 4.74 Å². The zero-order valence-electron chi connectivity index (χ0n) is 27.6. The minimum atomic E-state index is 0.902. The van der Waals surface area contributed by atoms with E-state index in [9.17, 15) is 0 Å². The molecule has 1 aromatic heterocycles. The summed E-state index contributed by atoms with van der Waals surface area (Å²) >= 11 is 0. The molecular weight excluding hydrogens is 619 g/mol. The van der Waals surface area contributed by atoms with Crippen molar-refractivity contribution < 1.29 is 4.74 Å². The summed E-state index contributed by atoms with van der Waals surface area (Å²) in [5.41, 5.74) is 9.45. The lowest BCUT2D eigenvalue weighted by atomic mass is 9.80. The number of ether oxygens (including phenoxy) is 1. The van der Waals surface area contributed by atoms with Gasteiger partial charge in [-0.2, -0.15) is 0 Å². The number of para-hydroxylation sites is 1. The fourth-order valence-corrected chi connectivity index (χ4v) is 8.67. The Bertz CT molecular complexity index is 2940. The van der Waals surface area contributed by atoms with Crippen LogP contribution in [-0.4, -0.2) is 4.98 Å². The molecule has 0 saturated heterocycles. The van der Waals surface area contributed by atoms with Gasteiger partial charge in [-0.3, -0.25) is 4.98 Å². The lowest BCUT2D eigenvalue weighted by molar-refractivity contribution is 0.487. The predicted octanol–water partition coefficient (Wildman–Crippen LogP) is 13.6. The number of hydrogen-bond acceptors (Lipinski definition) is 2. The summed E-state index contributed by atoms with van der Waals surface area (Å²) in [5, 5.41) is 12.1. The van der Waals surface area contributed by atoms with E-state index >= 15 is 0 Å². The maximum atomic E-state index is 6.51. The summed E-state index contributed by atoms with van der Waals surface area (Å²) in [5.74, 6) is 1.80. The molecule has 51 heavy (non-hydrogen) atoms. The molecule has 2 heteroatoms. The Morgan fingerprint density at radius 3 is 1.31 bits per heavy atom. The van der Waals surface area contributed by atoms with Crippen molar-refractivity contribution >= 4 is 53.9 Å². The summed E-state index contributed by atoms with van der Waals surface area (Å²) < 4.78 is 6.51. The van der Waals surface area contributed by atoms with E-state index in [1.807, 2.05) is 18.3 Å². The number of fused-ring (bicyclic) bond motifs is 6. The van der Waals surface area contributed by atoms with Crippen LogP contribution in [0.25, 0.3) is 98.5 Å². The van der Waals surface area contributed by atoms with Crippen LogP contribution >= 0.6 is 0 Å². The van der Waals surface area contributed by atoms with Gasteiger partial charge in [0.1, 0.15) is 11.5 Å². The van der Waals surface area contributed by atoms with Crippen molar-refractivity contribution in [2.75, 3.05) is 0 Å². The van der Waals surface area contributed by atoms with Gasteiger partial charge in [0.2, 0.25) is 0 Å². The van der Waals surface area contributed by atoms with Gasteiger partial charge in [0, 0.05) is 22.7 Å². The van der Waals surface area contributed by atoms with Crippen molar-refractivity contribution in [2.45, 2.75) is 0 Å². The molecule has 0 radical (unpaired) electrons. The van der Waals surface area contributed by atoms with E-state index in [0.717, 1.165) is 28.1 Å². The molecule has 0 fully saturated rings. The third-order valence-electron chi connectivity index (χ3n) is 10.7. The molecule has 11 rings (SSSR count). The van der Waals surface area contributed by atoms with Gasteiger partial charge in [-0.05, 0) is 101 Å². The first kappa shape index (κ1) is 28.1. The second-order valence-corrected chi connectivity index (χ2v) is 13.3. The van der Waals surface area contributed by atoms with Crippen molar-refractivity contribution in [1.82, 2.24) is 4.98 Å². The molecule has 0 aliphatic carbocycles. The van der Waals surface area contributed by atoms with Crippen LogP contribution in [0.15, 0.2) is 176 Å². The average Bonchev–Trinajstić information content (AvgIpc) is 3.20. The second kappa shape index (κ2) is 10.9. The fraction of sp³-hybridized carbons (Fsp3) is 0. The Morgan fingerprint density at radius 2 is 0.745 bits per heavy atom. The van der Waals surface area contributed by atoms with Gasteiger partial charge in [0.15, 0.2) is 0 Å². The number of pyridine rings is 1. The maximum absolute atomic E-state index is 6.51. The Morgan fingerprint density at radius 1 is 0.294 bits per heavy atom. The highest BCUT2D eigenvalue weighted by Gasteiger charge is 2.25. The highest BCUT2D eigenvalue weighted by Crippen LogP contribution is 2.53. The molecule has 0 saturated carbocycles. The highest BCUT2D eigenvalue weighted by molar-refractivity contribution is 6.31. The highest BCUT2D eigenvalue weighted by atomic mass is 16.5. The van der Waals surface area contributed by atoms with Crippen LogP contribution in [0.2, 0.25) is 0 Å². The molecule has 0 unspecified atom stereocenters. The van der Waals surface area contributed by atoms with Crippen molar-refractivity contribution in [2.24, 2.45) is 0 Å². The molecule has 236 valence electrons. The number of hydrogen-bond donors (Lipinski definition) is 0. The van der Waals surface area contributed by atoms with E-state index in [1.54, 1.807) is 0 Å². The average molecular weight is 648 g/mol. The molecule has 9 aromatic carbocycles. The Hall–Kier alpha value is -6.77. The molecule has 1 aliphatic heterocycles. The van der Waals surface area contributed by atoms with Crippen molar-refractivity contribution in [3.05, 3.63) is 176 Å². The summed E-state index contributed by atoms with van der Waals surface area (Å²) in [6.45, 7) is 0. The lowest BCUT2D eigenvalue weighted by Gasteiger charge is -2.24. The zero-order chi connectivity index (χ0) is 33.5. The van der Waals surface area contributed by atoms with E-state index in [2.05, 4.69) is 158 Å². The normalized spacial score (nSPS) is 12.1. The summed E-state index contributed by atoms with van der Waals surface area (Å²) in [6, 6.07) is 61.2. The minimum absolute atomic E-state index is 0.902. The first-order chi connectivity index (χ1) is 25.3. The number of nitrogens with zero attached hydrogens (tertiary/aromatic N) is 1. The van der Waals surface area contributed by atoms with E-state index < -0.39 is 0 Å². The van der Waals surface area contributed by atoms with Crippen LogP contribution in [0, 0.1) is 0 Å². The standard InChI is InChI=1S/C49H29NO/c1-5-19-36-31(15-1)45(41-28-27-40-30-14-9-10-25-43(30)51-44-26-13-23-35(41)47(40)44)32-16-2-6-20-37(32)48(36)49-38-21-7-3-17-33(38)46(42-24-11-12-29-50-42)34-18-4-8-22-39(34)49/h1-29H. The molecule has 0 amide bonds. The molecule has 0 bridgehead atoms. The van der Waals surface area contributed by atoms with Crippen molar-refractivity contribution in [3.63, 3.8) is 0 Å². The fourth-order valence-electron chi connectivity index (χ4n) is 8.67. The Balaban J connectivity index is 1.29. The molecule has 0 spiro atoms. The first-order valence-corrected chi connectivity index (χ1v) is 17.5. The van der Waals surface area contributed by atoms with Crippen LogP contribution in [0.5, 0.6) is 11.5 Å². The van der Waals surface area contributed by atoms with Crippen LogP contribution in [0.1, 0.15) is 0 Å². The Kier molecular flexibility index (Phi) is 5.99. The van der Waals surface area contributed by atoms with E-state index in [4.69, 9.17) is 9.72 Å². The monoisotopic (exact) mass is 647 g/mol. The number of benzene rings is 9. The van der Waals surface area contributed by atoms with Gasteiger partial charge in [-0.1, -0.05) is 146 Å². The first-order valence-electron chi connectivity index (χ1n) is 17.5. The van der Waals surface area contributed by atoms with E-state index in [-0.39, 0.29) is 0 Å². The van der Waals surface area contributed by atoms with Crippen LogP contribution in [-0.2, 0) is 0 Å².